The van der Waals surface area contributed by atoms with E-state index >= 15 is 0 Å². The summed E-state index contributed by atoms with van der Waals surface area (Å²) in [6.07, 6.45) is 0. The fourth-order valence-electron chi connectivity index (χ4n) is 1.86. The van der Waals surface area contributed by atoms with Gasteiger partial charge >= 0.3 is 11.8 Å². The highest BCUT2D eigenvalue weighted by molar-refractivity contribution is 6.34. The molecule has 2 N–H and O–H groups in total. The van der Waals surface area contributed by atoms with Crippen LogP contribution in [0.5, 0.6) is 0 Å². The fraction of sp³-hybridized carbons (Fsp3) is 0.467. The molecular weight excluding hydrogens is 240 g/mol. The van der Waals surface area contributed by atoms with E-state index in [2.05, 4.69) is 32.9 Å². The van der Waals surface area contributed by atoms with E-state index in [9.17, 15) is 9.59 Å². The van der Waals surface area contributed by atoms with Crippen molar-refractivity contribution >= 4 is 11.8 Å². The van der Waals surface area contributed by atoms with Crippen LogP contribution in [0.1, 0.15) is 37.5 Å². The number of likely N-dealkylation sites (N-methyl/N-ethyl adjacent to an activating group) is 1. The highest BCUT2D eigenvalue weighted by atomic mass is 16.2. The molecule has 0 aliphatic carbocycles. The number of amides is 2. The zero-order valence-corrected chi connectivity index (χ0v) is 12.3. The minimum Gasteiger partial charge on any atom is -0.361 e. The van der Waals surface area contributed by atoms with Crippen molar-refractivity contribution in [1.82, 2.24) is 4.90 Å². The maximum absolute atomic E-state index is 11.4. The molecule has 0 aromatic heterocycles. The predicted molar refractivity (Wildman–Crippen MR) is 75.5 cm³/mol. The topological polar surface area (TPSA) is 63.4 Å². The minimum atomic E-state index is -0.925. The lowest BCUT2D eigenvalue weighted by Gasteiger charge is -2.22. The molecule has 0 spiro atoms. The molecule has 4 nitrogen and oxygen atoms in total. The fourth-order valence-corrected chi connectivity index (χ4v) is 1.86. The maximum Gasteiger partial charge on any atom is 0.311 e. The second-order valence-corrected chi connectivity index (χ2v) is 5.92. The van der Waals surface area contributed by atoms with Gasteiger partial charge in [0, 0.05) is 13.6 Å². The first-order valence-corrected chi connectivity index (χ1v) is 6.28. The Kier molecular flexibility index (Phi) is 4.35. The first-order valence-electron chi connectivity index (χ1n) is 6.28. The Balaban J connectivity index is 2.93. The van der Waals surface area contributed by atoms with Crippen molar-refractivity contribution in [2.24, 2.45) is 5.73 Å². The molecule has 104 valence electrons. The van der Waals surface area contributed by atoms with Crippen molar-refractivity contribution in [3.63, 3.8) is 0 Å². The van der Waals surface area contributed by atoms with Crippen LogP contribution in [0.4, 0.5) is 0 Å². The van der Waals surface area contributed by atoms with Crippen molar-refractivity contribution in [1.29, 1.82) is 0 Å². The molecule has 0 unspecified atom stereocenters. The predicted octanol–water partition coefficient (Wildman–Crippen LogP) is 1.74. The standard InChI is InChI=1S/C15H22N2O2/c1-10-8-12(15(2,3)4)7-6-11(10)9-17(5)14(19)13(16)18/h6-8H,9H2,1-5H3,(H2,16,18). The molecule has 0 radical (unpaired) electrons. The Bertz CT molecular complexity index is 501. The summed E-state index contributed by atoms with van der Waals surface area (Å²) in [5, 5.41) is 0. The number of carbonyl (C=O) groups is 2. The lowest BCUT2D eigenvalue weighted by Crippen LogP contribution is -2.37. The highest BCUT2D eigenvalue weighted by Gasteiger charge is 2.17. The third kappa shape index (κ3) is 3.81. The first kappa shape index (κ1) is 15.2. The van der Waals surface area contributed by atoms with Crippen molar-refractivity contribution in [3.8, 4) is 0 Å². The van der Waals surface area contributed by atoms with E-state index in [-0.39, 0.29) is 5.41 Å². The smallest absolute Gasteiger partial charge is 0.311 e. The first-order chi connectivity index (χ1) is 8.62. The second kappa shape index (κ2) is 5.43. The van der Waals surface area contributed by atoms with Gasteiger partial charge in [0.15, 0.2) is 0 Å². The molecular formula is C15H22N2O2. The second-order valence-electron chi connectivity index (χ2n) is 5.92. The Morgan fingerprint density at radius 1 is 1.26 bits per heavy atom. The van der Waals surface area contributed by atoms with Crippen LogP contribution >= 0.6 is 0 Å². The van der Waals surface area contributed by atoms with Gasteiger partial charge in [-0.15, -0.1) is 0 Å². The molecule has 0 atom stereocenters. The van der Waals surface area contributed by atoms with Crippen molar-refractivity contribution in [2.75, 3.05) is 7.05 Å². The van der Waals surface area contributed by atoms with Gasteiger partial charge in [-0.2, -0.15) is 0 Å². The van der Waals surface area contributed by atoms with Crippen molar-refractivity contribution in [2.45, 2.75) is 39.7 Å². The summed E-state index contributed by atoms with van der Waals surface area (Å²) < 4.78 is 0. The van der Waals surface area contributed by atoms with Crippen LogP contribution in [-0.4, -0.2) is 23.8 Å². The minimum absolute atomic E-state index is 0.0955. The molecule has 0 aliphatic rings. The van der Waals surface area contributed by atoms with Crippen molar-refractivity contribution in [3.05, 3.63) is 34.9 Å². The van der Waals surface area contributed by atoms with Gasteiger partial charge in [-0.1, -0.05) is 39.0 Å². The molecule has 1 aromatic rings. The summed E-state index contributed by atoms with van der Waals surface area (Å²) in [5.74, 6) is -1.59. The van der Waals surface area contributed by atoms with Crippen LogP contribution in [-0.2, 0) is 21.5 Å². The lowest BCUT2D eigenvalue weighted by atomic mass is 9.85. The van der Waals surface area contributed by atoms with E-state index in [0.29, 0.717) is 6.54 Å². The zero-order chi connectivity index (χ0) is 14.8. The third-order valence-electron chi connectivity index (χ3n) is 3.17. The van der Waals surface area contributed by atoms with E-state index in [0.717, 1.165) is 11.1 Å². The van der Waals surface area contributed by atoms with Crippen molar-refractivity contribution < 1.29 is 9.59 Å². The van der Waals surface area contributed by atoms with Crippen LogP contribution in [0.15, 0.2) is 18.2 Å². The molecule has 1 aromatic carbocycles. The number of nitrogens with two attached hydrogens (primary N) is 1. The molecule has 0 saturated heterocycles. The number of nitrogens with zero attached hydrogens (tertiary/aromatic N) is 1. The molecule has 0 aliphatic heterocycles. The average Bonchev–Trinajstić information content (AvgIpc) is 2.29. The Hall–Kier alpha value is -1.84. The molecule has 0 fully saturated rings. The SMILES string of the molecule is Cc1cc(C(C)(C)C)ccc1CN(C)C(=O)C(N)=O. The molecule has 0 bridgehead atoms. The van der Waals surface area contributed by atoms with Gasteiger partial charge < -0.3 is 10.6 Å². The number of primary amides is 1. The number of benzene rings is 1. The van der Waals surface area contributed by atoms with E-state index in [1.807, 2.05) is 13.0 Å². The normalized spacial score (nSPS) is 11.2. The molecule has 1 rings (SSSR count). The summed E-state index contributed by atoms with van der Waals surface area (Å²) in [6.45, 7) is 8.86. The summed E-state index contributed by atoms with van der Waals surface area (Å²) in [6, 6.07) is 6.18. The summed E-state index contributed by atoms with van der Waals surface area (Å²) in [4.78, 5) is 23.6. The zero-order valence-electron chi connectivity index (χ0n) is 12.3. The van der Waals surface area contributed by atoms with E-state index < -0.39 is 11.8 Å². The highest BCUT2D eigenvalue weighted by Crippen LogP contribution is 2.24. The van der Waals surface area contributed by atoms with Gasteiger partial charge in [-0.05, 0) is 29.0 Å². The lowest BCUT2D eigenvalue weighted by molar-refractivity contribution is -0.143. The molecule has 0 saturated carbocycles. The summed E-state index contributed by atoms with van der Waals surface area (Å²) >= 11 is 0. The number of carbonyl (C=O) groups excluding carboxylic acids is 2. The van der Waals surface area contributed by atoms with Gasteiger partial charge in [0.1, 0.15) is 0 Å². The average molecular weight is 262 g/mol. The molecule has 2 amide bonds. The van der Waals surface area contributed by atoms with Crippen LogP contribution in [0.2, 0.25) is 0 Å². The van der Waals surface area contributed by atoms with Gasteiger partial charge in [0.2, 0.25) is 0 Å². The van der Waals surface area contributed by atoms with E-state index in [4.69, 9.17) is 5.73 Å². The number of rotatable bonds is 2. The largest absolute Gasteiger partial charge is 0.361 e. The Labute approximate surface area is 114 Å². The number of hydrogen-bond acceptors (Lipinski definition) is 2. The monoisotopic (exact) mass is 262 g/mol. The number of hydrogen-bond donors (Lipinski definition) is 1. The molecule has 4 heteroatoms. The Morgan fingerprint density at radius 3 is 2.26 bits per heavy atom. The van der Waals surface area contributed by atoms with Crippen LogP contribution in [0, 0.1) is 6.92 Å². The molecule has 19 heavy (non-hydrogen) atoms. The Morgan fingerprint density at radius 2 is 1.84 bits per heavy atom. The summed E-state index contributed by atoms with van der Waals surface area (Å²) in [7, 11) is 1.57. The quantitative estimate of drug-likeness (QED) is 0.825. The van der Waals surface area contributed by atoms with Gasteiger partial charge in [-0.25, -0.2) is 0 Å². The molecule has 0 heterocycles. The van der Waals surface area contributed by atoms with Gasteiger partial charge in [0.25, 0.3) is 0 Å². The van der Waals surface area contributed by atoms with Crippen LogP contribution < -0.4 is 5.73 Å². The maximum atomic E-state index is 11.4. The van der Waals surface area contributed by atoms with Gasteiger partial charge in [0.05, 0.1) is 0 Å². The number of aryl methyl sites for hydroxylation is 1. The summed E-state index contributed by atoms with van der Waals surface area (Å²) in [5.41, 5.74) is 8.45. The van der Waals surface area contributed by atoms with Gasteiger partial charge in [-0.3, -0.25) is 9.59 Å². The van der Waals surface area contributed by atoms with E-state index in [1.54, 1.807) is 7.05 Å². The third-order valence-corrected chi connectivity index (χ3v) is 3.17. The van der Waals surface area contributed by atoms with Crippen LogP contribution in [0.3, 0.4) is 0 Å². The van der Waals surface area contributed by atoms with E-state index in [1.165, 1.54) is 10.5 Å². The van der Waals surface area contributed by atoms with Crippen LogP contribution in [0.25, 0.3) is 0 Å².